The van der Waals surface area contributed by atoms with E-state index in [0.717, 1.165) is 17.4 Å². The van der Waals surface area contributed by atoms with Crippen LogP contribution in [0.3, 0.4) is 0 Å². The Kier molecular flexibility index (Phi) is 6.43. The van der Waals surface area contributed by atoms with Gasteiger partial charge in [-0.2, -0.15) is 5.10 Å². The van der Waals surface area contributed by atoms with Crippen molar-refractivity contribution in [3.05, 3.63) is 65.2 Å². The van der Waals surface area contributed by atoms with Gasteiger partial charge in [-0.1, -0.05) is 6.07 Å². The standard InChI is InChI=1S/C23H26F2N6O2/c1-15-10-17(22(25)19(24)11-15)13-26-23(32)30-8-6-29(7-9-30)18-4-5-20(21(12-18)33-3)31-14-27-16(2)28-31/h4-5,10-12,14H,6-9,13H2,1-3H3,(H,26,32). The summed E-state index contributed by atoms with van der Waals surface area (Å²) in [7, 11) is 1.61. The zero-order valence-electron chi connectivity index (χ0n) is 18.8. The minimum Gasteiger partial charge on any atom is -0.494 e. The lowest BCUT2D eigenvalue weighted by Crippen LogP contribution is -2.51. The molecule has 1 N–H and O–H groups in total. The molecule has 0 bridgehead atoms. The van der Waals surface area contributed by atoms with Gasteiger partial charge in [0.15, 0.2) is 11.6 Å². The lowest BCUT2D eigenvalue weighted by molar-refractivity contribution is 0.193. The number of halogens is 2. The van der Waals surface area contributed by atoms with Gasteiger partial charge in [0.25, 0.3) is 0 Å². The van der Waals surface area contributed by atoms with Crippen LogP contribution in [0.15, 0.2) is 36.7 Å². The fraction of sp³-hybridized carbons (Fsp3) is 0.348. The van der Waals surface area contributed by atoms with Crippen LogP contribution in [0.4, 0.5) is 19.3 Å². The van der Waals surface area contributed by atoms with Crippen molar-refractivity contribution < 1.29 is 18.3 Å². The van der Waals surface area contributed by atoms with Crippen LogP contribution in [-0.4, -0.2) is 59.0 Å². The summed E-state index contributed by atoms with van der Waals surface area (Å²) < 4.78 is 34.7. The molecule has 4 rings (SSSR count). The van der Waals surface area contributed by atoms with E-state index < -0.39 is 11.6 Å². The molecule has 174 valence electrons. The molecule has 1 saturated heterocycles. The molecule has 10 heteroatoms. The maximum atomic E-state index is 13.9. The van der Waals surface area contributed by atoms with Gasteiger partial charge in [0, 0.05) is 50.0 Å². The van der Waals surface area contributed by atoms with Gasteiger partial charge in [0.05, 0.1) is 7.11 Å². The van der Waals surface area contributed by atoms with Gasteiger partial charge in [-0.25, -0.2) is 23.2 Å². The summed E-state index contributed by atoms with van der Waals surface area (Å²) in [5, 5.41) is 7.02. The number of hydrogen-bond donors (Lipinski definition) is 1. The summed E-state index contributed by atoms with van der Waals surface area (Å²) in [6.07, 6.45) is 1.64. The van der Waals surface area contributed by atoms with Crippen LogP contribution in [-0.2, 0) is 6.54 Å². The van der Waals surface area contributed by atoms with Crippen molar-refractivity contribution in [1.82, 2.24) is 25.0 Å². The van der Waals surface area contributed by atoms with Crippen molar-refractivity contribution in [3.8, 4) is 11.4 Å². The molecular weight excluding hydrogens is 430 g/mol. The number of ether oxygens (including phenoxy) is 1. The van der Waals surface area contributed by atoms with Gasteiger partial charge < -0.3 is 19.9 Å². The number of piperazine rings is 1. The van der Waals surface area contributed by atoms with Gasteiger partial charge in [-0.15, -0.1) is 0 Å². The fourth-order valence-corrected chi connectivity index (χ4v) is 3.89. The fourth-order valence-electron chi connectivity index (χ4n) is 3.89. The second-order valence-electron chi connectivity index (χ2n) is 7.95. The molecule has 1 aromatic heterocycles. The highest BCUT2D eigenvalue weighted by Crippen LogP contribution is 2.29. The third kappa shape index (κ3) is 4.89. The summed E-state index contributed by atoms with van der Waals surface area (Å²) in [5.74, 6) is -0.492. The molecule has 1 aliphatic heterocycles. The topological polar surface area (TPSA) is 75.5 Å². The normalized spacial score (nSPS) is 13.8. The van der Waals surface area contributed by atoms with Gasteiger partial charge in [0.1, 0.15) is 23.6 Å². The predicted octanol–water partition coefficient (Wildman–Crippen LogP) is 3.20. The Labute approximate surface area is 190 Å². The van der Waals surface area contributed by atoms with Gasteiger partial charge in [-0.05, 0) is 37.6 Å². The molecule has 3 aromatic rings. The van der Waals surface area contributed by atoms with E-state index in [0.29, 0.717) is 43.3 Å². The van der Waals surface area contributed by atoms with Gasteiger partial charge in [-0.3, -0.25) is 0 Å². The average molecular weight is 456 g/mol. The molecular formula is C23H26F2N6O2. The maximum Gasteiger partial charge on any atom is 0.317 e. The Morgan fingerprint density at radius 1 is 1.12 bits per heavy atom. The van der Waals surface area contributed by atoms with Crippen LogP contribution in [0.2, 0.25) is 0 Å². The van der Waals surface area contributed by atoms with Crippen molar-refractivity contribution in [2.24, 2.45) is 0 Å². The number of urea groups is 1. The number of benzene rings is 2. The lowest BCUT2D eigenvalue weighted by Gasteiger charge is -2.36. The number of aryl methyl sites for hydroxylation is 2. The summed E-state index contributed by atoms with van der Waals surface area (Å²) in [6.45, 7) is 5.71. The number of hydrogen-bond acceptors (Lipinski definition) is 5. The highest BCUT2D eigenvalue weighted by Gasteiger charge is 2.22. The molecule has 0 radical (unpaired) electrons. The molecule has 2 heterocycles. The van der Waals surface area contributed by atoms with E-state index in [2.05, 4.69) is 20.3 Å². The number of anilines is 1. The van der Waals surface area contributed by atoms with E-state index in [1.807, 2.05) is 25.1 Å². The molecule has 0 aliphatic carbocycles. The minimum absolute atomic E-state index is 0.0656. The SMILES string of the molecule is COc1cc(N2CCN(C(=O)NCc3cc(C)cc(F)c3F)CC2)ccc1-n1cnc(C)n1. The monoisotopic (exact) mass is 456 g/mol. The number of amides is 2. The minimum atomic E-state index is -0.927. The Bertz CT molecular complexity index is 1160. The van der Waals surface area contributed by atoms with Crippen LogP contribution in [0.25, 0.3) is 5.69 Å². The zero-order valence-corrected chi connectivity index (χ0v) is 18.8. The van der Waals surface area contributed by atoms with Crippen LogP contribution < -0.4 is 15.0 Å². The molecule has 1 aliphatic rings. The number of rotatable bonds is 5. The Hall–Kier alpha value is -3.69. The lowest BCUT2D eigenvalue weighted by atomic mass is 10.1. The molecule has 0 atom stereocenters. The van der Waals surface area contributed by atoms with E-state index in [4.69, 9.17) is 4.74 Å². The molecule has 0 saturated carbocycles. The van der Waals surface area contributed by atoms with Crippen molar-refractivity contribution in [2.75, 3.05) is 38.2 Å². The zero-order chi connectivity index (χ0) is 23.5. The first-order chi connectivity index (χ1) is 15.9. The summed E-state index contributed by atoms with van der Waals surface area (Å²) in [6, 6.07) is 8.22. The van der Waals surface area contributed by atoms with Crippen molar-refractivity contribution >= 4 is 11.7 Å². The van der Waals surface area contributed by atoms with Crippen LogP contribution in [0, 0.1) is 25.5 Å². The first kappa shape index (κ1) is 22.5. The molecule has 2 amide bonds. The third-order valence-electron chi connectivity index (χ3n) is 5.63. The number of nitrogens with one attached hydrogen (secondary N) is 1. The Balaban J connectivity index is 1.36. The number of aromatic nitrogens is 3. The maximum absolute atomic E-state index is 13.9. The molecule has 0 spiro atoms. The smallest absolute Gasteiger partial charge is 0.317 e. The van der Waals surface area contributed by atoms with Crippen LogP contribution in [0.1, 0.15) is 17.0 Å². The van der Waals surface area contributed by atoms with E-state index in [-0.39, 0.29) is 18.1 Å². The molecule has 2 aromatic carbocycles. The van der Waals surface area contributed by atoms with Gasteiger partial charge >= 0.3 is 6.03 Å². The van der Waals surface area contributed by atoms with E-state index in [9.17, 15) is 13.6 Å². The Morgan fingerprint density at radius 2 is 1.88 bits per heavy atom. The Morgan fingerprint density at radius 3 is 2.55 bits per heavy atom. The van der Waals surface area contributed by atoms with Gasteiger partial charge in [0.2, 0.25) is 0 Å². The number of nitrogens with zero attached hydrogens (tertiary/aromatic N) is 5. The van der Waals surface area contributed by atoms with Crippen molar-refractivity contribution in [3.63, 3.8) is 0 Å². The summed E-state index contributed by atoms with van der Waals surface area (Å²) in [4.78, 5) is 20.5. The van der Waals surface area contributed by atoms with Crippen LogP contribution in [0.5, 0.6) is 5.75 Å². The highest BCUT2D eigenvalue weighted by atomic mass is 19.2. The summed E-state index contributed by atoms with van der Waals surface area (Å²) >= 11 is 0. The van der Waals surface area contributed by atoms with E-state index >= 15 is 0 Å². The molecule has 33 heavy (non-hydrogen) atoms. The predicted molar refractivity (Wildman–Crippen MR) is 120 cm³/mol. The molecule has 0 unspecified atom stereocenters. The summed E-state index contributed by atoms with van der Waals surface area (Å²) in [5.41, 5.74) is 2.51. The first-order valence-electron chi connectivity index (χ1n) is 10.6. The average Bonchev–Trinajstić information content (AvgIpc) is 3.25. The van der Waals surface area contributed by atoms with E-state index in [1.54, 1.807) is 29.9 Å². The third-order valence-corrected chi connectivity index (χ3v) is 5.63. The van der Waals surface area contributed by atoms with Crippen molar-refractivity contribution in [1.29, 1.82) is 0 Å². The second-order valence-corrected chi connectivity index (χ2v) is 7.95. The highest BCUT2D eigenvalue weighted by molar-refractivity contribution is 5.74. The number of methoxy groups -OCH3 is 1. The molecule has 1 fully saturated rings. The first-order valence-corrected chi connectivity index (χ1v) is 10.6. The second kappa shape index (κ2) is 9.43. The quantitative estimate of drug-likeness (QED) is 0.638. The van der Waals surface area contributed by atoms with Crippen LogP contribution >= 0.6 is 0 Å². The number of carbonyl (C=O) groups excluding carboxylic acids is 1. The largest absolute Gasteiger partial charge is 0.494 e. The van der Waals surface area contributed by atoms with Crippen molar-refractivity contribution in [2.45, 2.75) is 20.4 Å². The number of carbonyl (C=O) groups is 1. The molecule has 8 nitrogen and oxygen atoms in total. The van der Waals surface area contributed by atoms with E-state index in [1.165, 1.54) is 6.07 Å².